The summed E-state index contributed by atoms with van der Waals surface area (Å²) in [4.78, 5) is 17.2. The van der Waals surface area contributed by atoms with Crippen LogP contribution in [0.2, 0.25) is 0 Å². The minimum atomic E-state index is 0.536. The van der Waals surface area contributed by atoms with Crippen molar-refractivity contribution in [3.05, 3.63) is 188 Å². The van der Waals surface area contributed by atoms with Crippen molar-refractivity contribution < 1.29 is 0 Å². The molecule has 5 heteroatoms. The van der Waals surface area contributed by atoms with Gasteiger partial charge in [0.25, 0.3) is 0 Å². The van der Waals surface area contributed by atoms with E-state index < -0.39 is 0 Å². The molecule has 0 saturated carbocycles. The molecule has 7 aromatic rings. The summed E-state index contributed by atoms with van der Waals surface area (Å²) in [6, 6.07) is 49.8. The maximum absolute atomic E-state index is 6.46. The van der Waals surface area contributed by atoms with Gasteiger partial charge in [0.15, 0.2) is 17.5 Å². The fraction of sp³-hybridized carbons (Fsp3) is 0.0227. The van der Waals surface area contributed by atoms with Crippen LogP contribution in [0.1, 0.15) is 11.4 Å². The van der Waals surface area contributed by atoms with Crippen LogP contribution in [-0.2, 0) is 6.54 Å². The van der Waals surface area contributed by atoms with E-state index in [2.05, 4.69) is 96.9 Å². The van der Waals surface area contributed by atoms with Gasteiger partial charge in [0.2, 0.25) is 0 Å². The molecule has 5 nitrogen and oxygen atoms in total. The van der Waals surface area contributed by atoms with Crippen LogP contribution in [0.15, 0.2) is 177 Å². The van der Waals surface area contributed by atoms with Gasteiger partial charge in [-0.3, -0.25) is 0 Å². The fourth-order valence-electron chi connectivity index (χ4n) is 6.00. The van der Waals surface area contributed by atoms with Crippen molar-refractivity contribution >= 4 is 33.4 Å². The maximum Gasteiger partial charge on any atom is 0.164 e. The molecule has 0 aliphatic rings. The number of benzene rings is 6. The van der Waals surface area contributed by atoms with Crippen molar-refractivity contribution in [3.8, 4) is 33.9 Å². The number of anilines is 3. The molecule has 0 bridgehead atoms. The number of nitrogens with two attached hydrogens (primary N) is 1. The molecule has 236 valence electrons. The van der Waals surface area contributed by atoms with Gasteiger partial charge >= 0.3 is 0 Å². The Bertz CT molecular complexity index is 2290. The topological polar surface area (TPSA) is 67.9 Å². The van der Waals surface area contributed by atoms with E-state index in [1.54, 1.807) is 12.2 Å². The highest BCUT2D eigenvalue weighted by Gasteiger charge is 2.18. The SMILES string of the molecule is C=C/C=C(\C=C)c1nc(-c2ccccc2)nc(-c2cc3ccccc3cc2-c2ccc(CN(c3ccccc3)c3ccccc3N)cc2)n1. The first kappa shape index (κ1) is 31.0. The van der Waals surface area contributed by atoms with Crippen molar-refractivity contribution in [2.75, 3.05) is 10.6 Å². The number of hydrogen-bond acceptors (Lipinski definition) is 5. The largest absolute Gasteiger partial charge is 0.397 e. The normalized spacial score (nSPS) is 11.3. The lowest BCUT2D eigenvalue weighted by Crippen LogP contribution is -2.17. The van der Waals surface area contributed by atoms with Crippen LogP contribution >= 0.6 is 0 Å². The highest BCUT2D eigenvalue weighted by atomic mass is 15.1. The number of aromatic nitrogens is 3. The molecule has 0 spiro atoms. The highest BCUT2D eigenvalue weighted by Crippen LogP contribution is 2.37. The Morgan fingerprint density at radius 1 is 0.612 bits per heavy atom. The van der Waals surface area contributed by atoms with Crippen LogP contribution in [-0.4, -0.2) is 15.0 Å². The Morgan fingerprint density at radius 2 is 1.22 bits per heavy atom. The molecule has 0 aliphatic heterocycles. The molecule has 0 unspecified atom stereocenters. The van der Waals surface area contributed by atoms with Crippen LogP contribution < -0.4 is 10.6 Å². The van der Waals surface area contributed by atoms with E-state index in [0.29, 0.717) is 24.0 Å². The Hall–Kier alpha value is -6.59. The molecule has 7 rings (SSSR count). The first-order chi connectivity index (χ1) is 24.1. The average Bonchev–Trinajstić information content (AvgIpc) is 3.16. The molecule has 0 radical (unpaired) electrons. The van der Waals surface area contributed by atoms with E-state index in [0.717, 1.165) is 61.2 Å². The van der Waals surface area contributed by atoms with Crippen molar-refractivity contribution in [1.82, 2.24) is 15.0 Å². The summed E-state index contributed by atoms with van der Waals surface area (Å²) in [5.41, 5.74) is 15.1. The number of hydrogen-bond donors (Lipinski definition) is 1. The van der Waals surface area contributed by atoms with E-state index >= 15 is 0 Å². The molecule has 2 N–H and O–H groups in total. The Kier molecular flexibility index (Phi) is 8.89. The summed E-state index contributed by atoms with van der Waals surface area (Å²) in [6.07, 6.45) is 5.33. The Morgan fingerprint density at radius 3 is 1.90 bits per heavy atom. The van der Waals surface area contributed by atoms with Gasteiger partial charge in [0.1, 0.15) is 0 Å². The molecule has 1 heterocycles. The lowest BCUT2D eigenvalue weighted by atomic mass is 9.94. The van der Waals surface area contributed by atoms with E-state index in [1.165, 1.54) is 0 Å². The molecule has 0 fully saturated rings. The first-order valence-electron chi connectivity index (χ1n) is 16.2. The van der Waals surface area contributed by atoms with Crippen molar-refractivity contribution in [2.24, 2.45) is 0 Å². The molecule has 6 aromatic carbocycles. The summed E-state index contributed by atoms with van der Waals surface area (Å²) in [7, 11) is 0. The van der Waals surface area contributed by atoms with Crippen LogP contribution in [0.4, 0.5) is 17.1 Å². The summed E-state index contributed by atoms with van der Waals surface area (Å²) in [5, 5.41) is 2.24. The van der Waals surface area contributed by atoms with E-state index in [4.69, 9.17) is 20.7 Å². The minimum absolute atomic E-state index is 0.536. The van der Waals surface area contributed by atoms with Crippen LogP contribution in [0, 0.1) is 0 Å². The second-order valence-corrected chi connectivity index (χ2v) is 11.7. The third-order valence-corrected chi connectivity index (χ3v) is 8.47. The smallest absolute Gasteiger partial charge is 0.164 e. The Labute approximate surface area is 287 Å². The molecule has 49 heavy (non-hydrogen) atoms. The average molecular weight is 634 g/mol. The van der Waals surface area contributed by atoms with Gasteiger partial charge in [-0.25, -0.2) is 15.0 Å². The van der Waals surface area contributed by atoms with Gasteiger partial charge in [0.05, 0.1) is 11.4 Å². The lowest BCUT2D eigenvalue weighted by molar-refractivity contribution is 0.977. The second kappa shape index (κ2) is 14.0. The van der Waals surface area contributed by atoms with Gasteiger partial charge in [-0.05, 0) is 63.9 Å². The molecular weight excluding hydrogens is 599 g/mol. The zero-order valence-electron chi connectivity index (χ0n) is 27.1. The van der Waals surface area contributed by atoms with E-state index in [1.807, 2.05) is 72.8 Å². The Balaban J connectivity index is 1.34. The zero-order chi connectivity index (χ0) is 33.6. The number of nitrogen functional groups attached to an aromatic ring is 1. The third-order valence-electron chi connectivity index (χ3n) is 8.47. The monoisotopic (exact) mass is 633 g/mol. The molecule has 0 amide bonds. The summed E-state index contributed by atoms with van der Waals surface area (Å²) in [5.74, 6) is 1.71. The number of allylic oxidation sites excluding steroid dienone is 4. The summed E-state index contributed by atoms with van der Waals surface area (Å²) < 4.78 is 0. The van der Waals surface area contributed by atoms with Gasteiger partial charge in [-0.2, -0.15) is 0 Å². The zero-order valence-corrected chi connectivity index (χ0v) is 27.1. The van der Waals surface area contributed by atoms with Crippen molar-refractivity contribution in [1.29, 1.82) is 0 Å². The van der Waals surface area contributed by atoms with Crippen molar-refractivity contribution in [2.45, 2.75) is 6.54 Å². The minimum Gasteiger partial charge on any atom is -0.397 e. The van der Waals surface area contributed by atoms with Crippen LogP contribution in [0.5, 0.6) is 0 Å². The molecule has 1 aromatic heterocycles. The second-order valence-electron chi connectivity index (χ2n) is 11.7. The number of nitrogens with zero attached hydrogens (tertiary/aromatic N) is 4. The third kappa shape index (κ3) is 6.64. The number of rotatable bonds is 10. The lowest BCUT2D eigenvalue weighted by Gasteiger charge is -2.26. The van der Waals surface area contributed by atoms with Gasteiger partial charge in [-0.1, -0.05) is 141 Å². The highest BCUT2D eigenvalue weighted by molar-refractivity contribution is 5.95. The predicted molar refractivity (Wildman–Crippen MR) is 205 cm³/mol. The van der Waals surface area contributed by atoms with E-state index in [9.17, 15) is 0 Å². The molecule has 0 aliphatic carbocycles. The fourth-order valence-corrected chi connectivity index (χ4v) is 6.00. The maximum atomic E-state index is 6.46. The van der Waals surface area contributed by atoms with Crippen molar-refractivity contribution in [3.63, 3.8) is 0 Å². The molecule has 0 atom stereocenters. The van der Waals surface area contributed by atoms with Crippen LogP contribution in [0.25, 0.3) is 50.2 Å². The molecular formula is C44H35N5. The quantitative estimate of drug-likeness (QED) is 0.120. The molecule has 0 saturated heterocycles. The standard InChI is InChI=1S/C44H35N5/c1-3-15-32(4-2)42-46-43(34-16-7-5-8-17-34)48-44(47-42)39-29-36-19-12-11-18-35(36)28-38(39)33-26-24-31(25-27-33)30-49(37-20-9-6-10-21-37)41-23-14-13-22-40(41)45/h3-29H,1-2,30,45H2/b32-15+. The number of para-hydroxylation sites is 3. The van der Waals surface area contributed by atoms with Gasteiger partial charge < -0.3 is 10.6 Å². The number of fused-ring (bicyclic) bond motifs is 1. The van der Waals surface area contributed by atoms with Crippen LogP contribution in [0.3, 0.4) is 0 Å². The summed E-state index contributed by atoms with van der Waals surface area (Å²) >= 11 is 0. The van der Waals surface area contributed by atoms with Gasteiger partial charge in [-0.15, -0.1) is 0 Å². The first-order valence-corrected chi connectivity index (χ1v) is 16.2. The van der Waals surface area contributed by atoms with E-state index in [-0.39, 0.29) is 0 Å². The van der Waals surface area contributed by atoms with Gasteiger partial charge in [0, 0.05) is 28.9 Å². The summed E-state index contributed by atoms with van der Waals surface area (Å²) in [6.45, 7) is 8.55. The predicted octanol–water partition coefficient (Wildman–Crippen LogP) is 10.7.